The van der Waals surface area contributed by atoms with E-state index in [9.17, 15) is 4.79 Å². The van der Waals surface area contributed by atoms with Gasteiger partial charge in [0.05, 0.1) is 6.10 Å². The van der Waals surface area contributed by atoms with Gasteiger partial charge in [-0.2, -0.15) is 0 Å². The van der Waals surface area contributed by atoms with Gasteiger partial charge in [0.1, 0.15) is 6.10 Å². The minimum atomic E-state index is -0.344. The highest BCUT2D eigenvalue weighted by molar-refractivity contribution is 5.96. The van der Waals surface area contributed by atoms with Gasteiger partial charge < -0.3 is 15.4 Å². The second-order valence-corrected chi connectivity index (χ2v) is 4.74. The number of hydrogen-bond acceptors (Lipinski definition) is 3. The molecule has 1 aliphatic rings. The molecule has 1 aromatic carbocycles. The van der Waals surface area contributed by atoms with Crippen molar-refractivity contribution < 1.29 is 9.53 Å². The van der Waals surface area contributed by atoms with Crippen molar-refractivity contribution in [1.82, 2.24) is 0 Å². The molecule has 1 fully saturated rings. The summed E-state index contributed by atoms with van der Waals surface area (Å²) in [6.45, 7) is 2.48. The van der Waals surface area contributed by atoms with E-state index < -0.39 is 0 Å². The van der Waals surface area contributed by atoms with Crippen molar-refractivity contribution in [3.63, 3.8) is 0 Å². The molecule has 2 unspecified atom stereocenters. The zero-order chi connectivity index (χ0) is 13.1. The molecule has 18 heavy (non-hydrogen) atoms. The van der Waals surface area contributed by atoms with Crippen LogP contribution >= 0.6 is 0 Å². The van der Waals surface area contributed by atoms with Gasteiger partial charge in [-0.25, -0.2) is 0 Å². The number of nitrogens with two attached hydrogens (primary N) is 1. The van der Waals surface area contributed by atoms with E-state index in [-0.39, 0.29) is 18.1 Å². The molecule has 4 heteroatoms. The number of nitrogens with zero attached hydrogens (tertiary/aromatic N) is 1. The molecular weight excluding hydrogens is 228 g/mol. The van der Waals surface area contributed by atoms with E-state index in [0.717, 1.165) is 24.1 Å². The Kier molecular flexibility index (Phi) is 3.99. The SMILES string of the molecule is Cc1ccccc1N(C)C(=O)C1CCC(CN)O1. The number of carbonyl (C=O) groups is 1. The predicted molar refractivity (Wildman–Crippen MR) is 71.5 cm³/mol. The minimum Gasteiger partial charge on any atom is -0.364 e. The summed E-state index contributed by atoms with van der Waals surface area (Å²) in [7, 11) is 1.80. The molecule has 1 aliphatic heterocycles. The smallest absolute Gasteiger partial charge is 0.255 e. The Morgan fingerprint density at radius 2 is 2.17 bits per heavy atom. The van der Waals surface area contributed by atoms with Gasteiger partial charge in [0.2, 0.25) is 0 Å². The molecule has 1 saturated heterocycles. The first-order valence-electron chi connectivity index (χ1n) is 6.32. The highest BCUT2D eigenvalue weighted by atomic mass is 16.5. The number of carbonyl (C=O) groups excluding carboxylic acids is 1. The second kappa shape index (κ2) is 5.50. The second-order valence-electron chi connectivity index (χ2n) is 4.74. The lowest BCUT2D eigenvalue weighted by atomic mass is 10.1. The van der Waals surface area contributed by atoms with Crippen molar-refractivity contribution in [2.24, 2.45) is 5.73 Å². The number of para-hydroxylation sites is 1. The van der Waals surface area contributed by atoms with Crippen LogP contribution in [0, 0.1) is 6.92 Å². The minimum absolute atomic E-state index is 0.0141. The molecule has 98 valence electrons. The van der Waals surface area contributed by atoms with Crippen molar-refractivity contribution in [3.8, 4) is 0 Å². The van der Waals surface area contributed by atoms with Gasteiger partial charge in [0.15, 0.2) is 0 Å². The standard InChI is InChI=1S/C14H20N2O2/c1-10-5-3-4-6-12(10)16(2)14(17)13-8-7-11(9-15)18-13/h3-6,11,13H,7-9,15H2,1-2H3. The number of amides is 1. The molecule has 0 spiro atoms. The summed E-state index contributed by atoms with van der Waals surface area (Å²) in [5, 5.41) is 0. The number of aryl methyl sites for hydroxylation is 1. The normalized spacial score (nSPS) is 23.1. The molecule has 1 aromatic rings. The topological polar surface area (TPSA) is 55.6 Å². The molecular formula is C14H20N2O2. The molecule has 4 nitrogen and oxygen atoms in total. The molecule has 0 radical (unpaired) electrons. The summed E-state index contributed by atoms with van der Waals surface area (Å²) < 4.78 is 5.64. The van der Waals surface area contributed by atoms with Gasteiger partial charge in [-0.3, -0.25) is 4.79 Å². The maximum absolute atomic E-state index is 12.3. The van der Waals surface area contributed by atoms with Crippen molar-refractivity contribution in [1.29, 1.82) is 0 Å². The van der Waals surface area contributed by atoms with Gasteiger partial charge in [-0.05, 0) is 31.4 Å². The van der Waals surface area contributed by atoms with Crippen molar-refractivity contribution in [2.75, 3.05) is 18.5 Å². The lowest BCUT2D eigenvalue weighted by Gasteiger charge is -2.22. The highest BCUT2D eigenvalue weighted by Gasteiger charge is 2.32. The number of benzene rings is 1. The van der Waals surface area contributed by atoms with E-state index >= 15 is 0 Å². The Balaban J connectivity index is 2.08. The number of likely N-dealkylation sites (N-methyl/N-ethyl adjacent to an activating group) is 1. The first kappa shape index (κ1) is 13.1. The summed E-state index contributed by atoms with van der Waals surface area (Å²) in [5.74, 6) is 0.0141. The van der Waals surface area contributed by atoms with E-state index in [1.807, 2.05) is 31.2 Å². The van der Waals surface area contributed by atoms with E-state index in [0.29, 0.717) is 6.54 Å². The van der Waals surface area contributed by atoms with Crippen LogP contribution in [0.5, 0.6) is 0 Å². The van der Waals surface area contributed by atoms with Crippen LogP contribution in [-0.2, 0) is 9.53 Å². The number of rotatable bonds is 3. The van der Waals surface area contributed by atoms with Gasteiger partial charge in [-0.1, -0.05) is 18.2 Å². The third-order valence-corrected chi connectivity index (χ3v) is 3.45. The fraction of sp³-hybridized carbons (Fsp3) is 0.500. The van der Waals surface area contributed by atoms with Gasteiger partial charge in [-0.15, -0.1) is 0 Å². The summed E-state index contributed by atoms with van der Waals surface area (Å²) in [6, 6.07) is 7.85. The highest BCUT2D eigenvalue weighted by Crippen LogP contribution is 2.24. The number of anilines is 1. The first-order chi connectivity index (χ1) is 8.63. The molecule has 2 N–H and O–H groups in total. The lowest BCUT2D eigenvalue weighted by molar-refractivity contribution is -0.128. The van der Waals surface area contributed by atoms with E-state index in [2.05, 4.69) is 0 Å². The van der Waals surface area contributed by atoms with Crippen LogP contribution in [0.15, 0.2) is 24.3 Å². The van der Waals surface area contributed by atoms with Crippen LogP contribution < -0.4 is 10.6 Å². The molecule has 2 atom stereocenters. The third kappa shape index (κ3) is 2.54. The predicted octanol–water partition coefficient (Wildman–Crippen LogP) is 1.46. The fourth-order valence-electron chi connectivity index (χ4n) is 2.34. The summed E-state index contributed by atoms with van der Waals surface area (Å²) in [6.07, 6.45) is 1.32. The van der Waals surface area contributed by atoms with Gasteiger partial charge in [0, 0.05) is 19.3 Å². The Labute approximate surface area is 108 Å². The molecule has 0 aliphatic carbocycles. The Hall–Kier alpha value is -1.39. The first-order valence-corrected chi connectivity index (χ1v) is 6.32. The molecule has 1 amide bonds. The third-order valence-electron chi connectivity index (χ3n) is 3.45. The van der Waals surface area contributed by atoms with Crippen LogP contribution in [0.3, 0.4) is 0 Å². The largest absolute Gasteiger partial charge is 0.364 e. The zero-order valence-electron chi connectivity index (χ0n) is 10.9. The van der Waals surface area contributed by atoms with E-state index in [1.54, 1.807) is 11.9 Å². The van der Waals surface area contributed by atoms with Crippen LogP contribution in [-0.4, -0.2) is 31.7 Å². The maximum atomic E-state index is 12.3. The average molecular weight is 248 g/mol. The molecule has 0 aromatic heterocycles. The summed E-state index contributed by atoms with van der Waals surface area (Å²) >= 11 is 0. The quantitative estimate of drug-likeness (QED) is 0.881. The monoisotopic (exact) mass is 248 g/mol. The molecule has 0 bridgehead atoms. The van der Waals surface area contributed by atoms with Crippen molar-refractivity contribution in [3.05, 3.63) is 29.8 Å². The van der Waals surface area contributed by atoms with Crippen LogP contribution in [0.2, 0.25) is 0 Å². The van der Waals surface area contributed by atoms with Crippen molar-refractivity contribution in [2.45, 2.75) is 32.0 Å². The maximum Gasteiger partial charge on any atom is 0.255 e. The molecule has 2 rings (SSSR count). The Morgan fingerprint density at radius 1 is 1.44 bits per heavy atom. The average Bonchev–Trinajstić information content (AvgIpc) is 2.86. The van der Waals surface area contributed by atoms with Crippen LogP contribution in [0.25, 0.3) is 0 Å². The zero-order valence-corrected chi connectivity index (χ0v) is 10.9. The Morgan fingerprint density at radius 3 is 2.78 bits per heavy atom. The lowest BCUT2D eigenvalue weighted by Crippen LogP contribution is -2.37. The fourth-order valence-corrected chi connectivity index (χ4v) is 2.34. The van der Waals surface area contributed by atoms with E-state index in [1.165, 1.54) is 0 Å². The van der Waals surface area contributed by atoms with Crippen LogP contribution in [0.1, 0.15) is 18.4 Å². The Bertz CT molecular complexity index is 434. The van der Waals surface area contributed by atoms with Gasteiger partial charge >= 0.3 is 0 Å². The number of hydrogen-bond donors (Lipinski definition) is 1. The molecule has 1 heterocycles. The summed E-state index contributed by atoms with van der Waals surface area (Å²) in [4.78, 5) is 14.0. The molecule has 0 saturated carbocycles. The van der Waals surface area contributed by atoms with Crippen LogP contribution in [0.4, 0.5) is 5.69 Å². The van der Waals surface area contributed by atoms with E-state index in [4.69, 9.17) is 10.5 Å². The van der Waals surface area contributed by atoms with Gasteiger partial charge in [0.25, 0.3) is 5.91 Å². The van der Waals surface area contributed by atoms with Crippen molar-refractivity contribution >= 4 is 11.6 Å². The number of ether oxygens (including phenoxy) is 1. The summed E-state index contributed by atoms with van der Waals surface area (Å²) in [5.41, 5.74) is 7.58.